The summed E-state index contributed by atoms with van der Waals surface area (Å²) in [7, 11) is 0. The van der Waals surface area contributed by atoms with E-state index < -0.39 is 0 Å². The molecule has 122 valence electrons. The maximum absolute atomic E-state index is 12.6. The summed E-state index contributed by atoms with van der Waals surface area (Å²) in [5.74, 6) is 3.43. The molecule has 0 amide bonds. The van der Waals surface area contributed by atoms with Crippen LogP contribution in [0.1, 0.15) is 26.1 Å². The number of nitrogens with zero attached hydrogens (tertiary/aromatic N) is 3. The van der Waals surface area contributed by atoms with Gasteiger partial charge in [0.1, 0.15) is 18.2 Å². The van der Waals surface area contributed by atoms with Gasteiger partial charge < -0.3 is 4.74 Å². The Hall–Kier alpha value is -1.90. The lowest BCUT2D eigenvalue weighted by Crippen LogP contribution is -2.24. The van der Waals surface area contributed by atoms with Crippen molar-refractivity contribution in [3.63, 3.8) is 0 Å². The van der Waals surface area contributed by atoms with Gasteiger partial charge >= 0.3 is 5.69 Å². The first-order valence-corrected chi connectivity index (χ1v) is 8.03. The molecule has 0 atom stereocenters. The zero-order valence-electron chi connectivity index (χ0n) is 13.0. The van der Waals surface area contributed by atoms with Crippen molar-refractivity contribution < 1.29 is 4.74 Å². The van der Waals surface area contributed by atoms with Crippen LogP contribution < -0.4 is 10.4 Å². The van der Waals surface area contributed by atoms with Gasteiger partial charge in [-0.05, 0) is 12.5 Å². The van der Waals surface area contributed by atoms with Gasteiger partial charge in [0, 0.05) is 19.0 Å². The summed E-state index contributed by atoms with van der Waals surface area (Å²) in [6.45, 7) is 4.63. The van der Waals surface area contributed by atoms with Gasteiger partial charge in [0.15, 0.2) is 0 Å². The highest BCUT2D eigenvalue weighted by molar-refractivity contribution is 6.36. The van der Waals surface area contributed by atoms with Crippen molar-refractivity contribution in [3.8, 4) is 23.8 Å². The summed E-state index contributed by atoms with van der Waals surface area (Å²) in [5, 5.41) is 5.01. The largest absolute Gasteiger partial charge is 0.479 e. The first-order valence-electron chi connectivity index (χ1n) is 7.27. The van der Waals surface area contributed by atoms with Crippen LogP contribution in [0.25, 0.3) is 5.69 Å². The van der Waals surface area contributed by atoms with Crippen molar-refractivity contribution in [3.05, 3.63) is 38.5 Å². The SMILES string of the molecule is C#CCOc1cc(-n2nc(CC)n(CCC)c2=O)c(Cl)cc1Cl. The van der Waals surface area contributed by atoms with E-state index in [1.807, 2.05) is 13.8 Å². The van der Waals surface area contributed by atoms with Crippen LogP contribution in [0.2, 0.25) is 10.0 Å². The van der Waals surface area contributed by atoms with E-state index >= 15 is 0 Å². The molecule has 0 radical (unpaired) electrons. The maximum Gasteiger partial charge on any atom is 0.350 e. The van der Waals surface area contributed by atoms with Crippen molar-refractivity contribution >= 4 is 23.2 Å². The van der Waals surface area contributed by atoms with Crippen LogP contribution >= 0.6 is 23.2 Å². The normalized spacial score (nSPS) is 10.6. The first kappa shape index (κ1) is 17.5. The van der Waals surface area contributed by atoms with E-state index in [1.165, 1.54) is 10.7 Å². The van der Waals surface area contributed by atoms with Crippen molar-refractivity contribution in [1.82, 2.24) is 14.3 Å². The van der Waals surface area contributed by atoms with Gasteiger partial charge in [-0.1, -0.05) is 43.0 Å². The molecular formula is C16H17Cl2N3O2. The third kappa shape index (κ3) is 3.54. The Morgan fingerprint density at radius 1 is 1.30 bits per heavy atom. The molecule has 23 heavy (non-hydrogen) atoms. The molecule has 0 unspecified atom stereocenters. The molecule has 1 heterocycles. The lowest BCUT2D eigenvalue weighted by Gasteiger charge is -2.09. The molecule has 0 bridgehead atoms. The van der Waals surface area contributed by atoms with Crippen LogP contribution in [0.3, 0.4) is 0 Å². The van der Waals surface area contributed by atoms with Gasteiger partial charge in [0.05, 0.1) is 15.7 Å². The fourth-order valence-corrected chi connectivity index (χ4v) is 2.73. The van der Waals surface area contributed by atoms with Crippen molar-refractivity contribution in [2.45, 2.75) is 33.2 Å². The highest BCUT2D eigenvalue weighted by Gasteiger charge is 2.17. The average molecular weight is 354 g/mol. The summed E-state index contributed by atoms with van der Waals surface area (Å²) in [4.78, 5) is 12.6. The van der Waals surface area contributed by atoms with Crippen LogP contribution in [-0.4, -0.2) is 21.0 Å². The third-order valence-corrected chi connectivity index (χ3v) is 3.84. The Morgan fingerprint density at radius 3 is 2.65 bits per heavy atom. The summed E-state index contributed by atoms with van der Waals surface area (Å²) >= 11 is 12.3. The molecule has 0 saturated heterocycles. The fraction of sp³-hybridized carbons (Fsp3) is 0.375. The number of rotatable bonds is 6. The van der Waals surface area contributed by atoms with E-state index in [4.69, 9.17) is 34.4 Å². The molecule has 2 aromatic rings. The predicted molar refractivity (Wildman–Crippen MR) is 91.8 cm³/mol. The lowest BCUT2D eigenvalue weighted by atomic mass is 10.3. The minimum atomic E-state index is -0.240. The minimum absolute atomic E-state index is 0.0696. The van der Waals surface area contributed by atoms with E-state index in [0.29, 0.717) is 40.3 Å². The number of aromatic nitrogens is 3. The second kappa shape index (κ2) is 7.58. The highest BCUT2D eigenvalue weighted by atomic mass is 35.5. The number of hydrogen-bond acceptors (Lipinski definition) is 3. The van der Waals surface area contributed by atoms with Crippen molar-refractivity contribution in [2.75, 3.05) is 6.61 Å². The van der Waals surface area contributed by atoms with Crippen LogP contribution in [-0.2, 0) is 13.0 Å². The predicted octanol–water partition coefficient (Wildman–Crippen LogP) is 3.33. The molecule has 1 aromatic heterocycles. The summed E-state index contributed by atoms with van der Waals surface area (Å²) < 4.78 is 8.30. The Balaban J connectivity index is 2.58. The third-order valence-electron chi connectivity index (χ3n) is 3.24. The van der Waals surface area contributed by atoms with E-state index in [-0.39, 0.29) is 12.3 Å². The van der Waals surface area contributed by atoms with Crippen LogP contribution in [0.15, 0.2) is 16.9 Å². The number of ether oxygens (including phenoxy) is 1. The monoisotopic (exact) mass is 353 g/mol. The molecular weight excluding hydrogens is 337 g/mol. The molecule has 0 aliphatic carbocycles. The molecule has 0 aliphatic heterocycles. The summed E-state index contributed by atoms with van der Waals surface area (Å²) in [6, 6.07) is 3.09. The topological polar surface area (TPSA) is 49.0 Å². The van der Waals surface area contributed by atoms with E-state index in [2.05, 4.69) is 11.0 Å². The van der Waals surface area contributed by atoms with Gasteiger partial charge in [-0.2, -0.15) is 4.68 Å². The molecule has 0 aliphatic rings. The van der Waals surface area contributed by atoms with E-state index in [9.17, 15) is 4.79 Å². The molecule has 7 heteroatoms. The van der Waals surface area contributed by atoms with Crippen molar-refractivity contribution in [2.24, 2.45) is 0 Å². The Kier molecular flexibility index (Phi) is 5.75. The summed E-state index contributed by atoms with van der Waals surface area (Å²) in [6.07, 6.45) is 6.67. The quantitative estimate of drug-likeness (QED) is 0.748. The highest BCUT2D eigenvalue weighted by Crippen LogP contribution is 2.32. The van der Waals surface area contributed by atoms with E-state index in [0.717, 1.165) is 6.42 Å². The van der Waals surface area contributed by atoms with Gasteiger partial charge in [0.25, 0.3) is 0 Å². The minimum Gasteiger partial charge on any atom is -0.479 e. The lowest BCUT2D eigenvalue weighted by molar-refractivity contribution is 0.370. The second-order valence-electron chi connectivity index (χ2n) is 4.84. The smallest absolute Gasteiger partial charge is 0.350 e. The van der Waals surface area contributed by atoms with Gasteiger partial charge in [-0.15, -0.1) is 11.5 Å². The zero-order valence-corrected chi connectivity index (χ0v) is 14.5. The average Bonchev–Trinajstić information content (AvgIpc) is 2.84. The molecule has 0 N–H and O–H groups in total. The number of halogens is 2. The Labute approximate surface area is 144 Å². The maximum atomic E-state index is 12.6. The standard InChI is InChI=1S/C16H17Cl2N3O2/c1-4-7-20-15(6-3)19-21(16(20)22)13-10-14(23-8-5-2)12(18)9-11(13)17/h2,9-10H,4,6-8H2,1,3H3. The molecule has 0 saturated carbocycles. The van der Waals surface area contributed by atoms with Crippen LogP contribution in [0.4, 0.5) is 0 Å². The number of aryl methyl sites for hydroxylation is 1. The molecule has 0 spiro atoms. The van der Waals surface area contributed by atoms with Crippen LogP contribution in [0.5, 0.6) is 5.75 Å². The Bertz CT molecular complexity index is 803. The number of hydrogen-bond donors (Lipinski definition) is 0. The molecule has 5 nitrogen and oxygen atoms in total. The van der Waals surface area contributed by atoms with Crippen LogP contribution in [0, 0.1) is 12.3 Å². The fourth-order valence-electron chi connectivity index (χ4n) is 2.21. The first-order chi connectivity index (χ1) is 11.0. The molecule has 1 aromatic carbocycles. The van der Waals surface area contributed by atoms with E-state index in [1.54, 1.807) is 10.6 Å². The van der Waals surface area contributed by atoms with Gasteiger partial charge in [-0.3, -0.25) is 4.57 Å². The molecule has 0 fully saturated rings. The van der Waals surface area contributed by atoms with Crippen molar-refractivity contribution in [1.29, 1.82) is 0 Å². The second-order valence-corrected chi connectivity index (χ2v) is 5.66. The van der Waals surface area contributed by atoms with Gasteiger partial charge in [-0.25, -0.2) is 4.79 Å². The van der Waals surface area contributed by atoms with Gasteiger partial charge in [0.2, 0.25) is 0 Å². The summed E-state index contributed by atoms with van der Waals surface area (Å²) in [5.41, 5.74) is 0.175. The Morgan fingerprint density at radius 2 is 2.04 bits per heavy atom. The number of terminal acetylenes is 1. The molecule has 2 rings (SSSR count). The zero-order chi connectivity index (χ0) is 17.0. The number of benzene rings is 1.